The fourth-order valence-corrected chi connectivity index (χ4v) is 2.98. The quantitative estimate of drug-likeness (QED) is 0.434. The predicted octanol–water partition coefficient (Wildman–Crippen LogP) is 3.54. The lowest BCUT2D eigenvalue weighted by atomic mass is 10.1. The van der Waals surface area contributed by atoms with Gasteiger partial charge in [-0.3, -0.25) is 4.79 Å². The number of hydrogen-bond acceptors (Lipinski definition) is 4. The van der Waals surface area contributed by atoms with Crippen molar-refractivity contribution in [2.75, 3.05) is 13.2 Å². The number of H-pyrrole nitrogens is 1. The van der Waals surface area contributed by atoms with Crippen LogP contribution in [0.25, 0.3) is 17.0 Å². The lowest BCUT2D eigenvalue weighted by molar-refractivity contribution is -0.117. The molecule has 0 bridgehead atoms. The minimum absolute atomic E-state index is 0.0807. The van der Waals surface area contributed by atoms with Crippen molar-refractivity contribution in [3.05, 3.63) is 65.4 Å². The summed E-state index contributed by atoms with van der Waals surface area (Å²) in [7, 11) is 0. The molecule has 3 aromatic rings. The average molecular weight is 375 g/mol. The first-order valence-corrected chi connectivity index (χ1v) is 9.03. The van der Waals surface area contributed by atoms with Gasteiger partial charge >= 0.3 is 0 Å². The van der Waals surface area contributed by atoms with Gasteiger partial charge in [0.25, 0.3) is 5.91 Å². The summed E-state index contributed by atoms with van der Waals surface area (Å²) in [6, 6.07) is 14.8. The molecule has 0 saturated heterocycles. The lowest BCUT2D eigenvalue weighted by Gasteiger charge is -2.08. The molecule has 142 valence electrons. The molecule has 0 aliphatic heterocycles. The smallest absolute Gasteiger partial charge is 0.261 e. The number of hydrogen-bond donors (Lipinski definition) is 3. The van der Waals surface area contributed by atoms with Crippen molar-refractivity contribution < 1.29 is 14.6 Å². The Morgan fingerprint density at radius 3 is 2.89 bits per heavy atom. The molecular formula is C22H21N3O3. The summed E-state index contributed by atoms with van der Waals surface area (Å²) in [6.07, 6.45) is 3.92. The molecule has 0 aliphatic rings. The van der Waals surface area contributed by atoms with Crippen molar-refractivity contribution in [2.24, 2.45) is 0 Å². The number of nitrogens with zero attached hydrogens (tertiary/aromatic N) is 1. The molecule has 0 fully saturated rings. The molecule has 1 aromatic heterocycles. The lowest BCUT2D eigenvalue weighted by Crippen LogP contribution is -2.26. The normalized spacial score (nSPS) is 11.2. The number of aromatic nitrogens is 1. The van der Waals surface area contributed by atoms with E-state index in [0.29, 0.717) is 30.9 Å². The topological polar surface area (TPSA) is 98.1 Å². The fourth-order valence-electron chi connectivity index (χ4n) is 2.98. The molecule has 3 N–H and O–H groups in total. The predicted molar refractivity (Wildman–Crippen MR) is 108 cm³/mol. The number of nitrogens with one attached hydrogen (secondary N) is 2. The summed E-state index contributed by atoms with van der Waals surface area (Å²) in [5.74, 6) is -0.263. The molecule has 1 heterocycles. The number of carbonyl (C=O) groups excluding carboxylic acids is 1. The second kappa shape index (κ2) is 8.78. The van der Waals surface area contributed by atoms with Crippen molar-refractivity contribution in [1.82, 2.24) is 10.3 Å². The van der Waals surface area contributed by atoms with E-state index in [1.807, 2.05) is 43.5 Å². The monoisotopic (exact) mass is 375 g/mol. The first-order valence-electron chi connectivity index (χ1n) is 9.03. The van der Waals surface area contributed by atoms with Gasteiger partial charge in [-0.1, -0.05) is 30.3 Å². The molecular weight excluding hydrogens is 354 g/mol. The molecule has 2 aromatic carbocycles. The second-order valence-corrected chi connectivity index (χ2v) is 6.16. The molecule has 1 amide bonds. The summed E-state index contributed by atoms with van der Waals surface area (Å²) in [4.78, 5) is 15.6. The van der Waals surface area contributed by atoms with Crippen LogP contribution in [0, 0.1) is 11.3 Å². The highest BCUT2D eigenvalue weighted by Crippen LogP contribution is 2.31. The zero-order chi connectivity index (χ0) is 19.9. The highest BCUT2D eigenvalue weighted by atomic mass is 16.5. The zero-order valence-electron chi connectivity index (χ0n) is 15.5. The first kappa shape index (κ1) is 19.1. The van der Waals surface area contributed by atoms with Crippen LogP contribution in [0.4, 0.5) is 0 Å². The molecule has 0 atom stereocenters. The Hall–Kier alpha value is -3.72. The summed E-state index contributed by atoms with van der Waals surface area (Å²) in [5.41, 5.74) is 2.42. The highest BCUT2D eigenvalue weighted by Gasteiger charge is 2.12. The molecule has 3 rings (SSSR count). The number of aromatic hydroxyl groups is 1. The van der Waals surface area contributed by atoms with Crippen molar-refractivity contribution >= 4 is 22.9 Å². The molecule has 0 radical (unpaired) electrons. The number of nitriles is 1. The van der Waals surface area contributed by atoms with Crippen LogP contribution in [-0.2, 0) is 11.2 Å². The zero-order valence-corrected chi connectivity index (χ0v) is 15.5. The Kier molecular flexibility index (Phi) is 5.97. The largest absolute Gasteiger partial charge is 0.504 e. The number of para-hydroxylation sites is 2. The van der Waals surface area contributed by atoms with E-state index in [0.717, 1.165) is 16.5 Å². The Morgan fingerprint density at radius 1 is 1.29 bits per heavy atom. The maximum absolute atomic E-state index is 12.4. The summed E-state index contributed by atoms with van der Waals surface area (Å²) < 4.78 is 5.33. The van der Waals surface area contributed by atoms with Crippen molar-refractivity contribution in [2.45, 2.75) is 13.3 Å². The van der Waals surface area contributed by atoms with Gasteiger partial charge in [0.1, 0.15) is 11.6 Å². The first-order chi connectivity index (χ1) is 13.6. The number of phenols is 1. The van der Waals surface area contributed by atoms with Gasteiger partial charge < -0.3 is 20.1 Å². The number of amides is 1. The number of carbonyl (C=O) groups is 1. The standard InChI is InChI=1S/C22H21N3O3/c1-2-28-20-9-5-6-15(21(20)26)12-17(13-23)22(27)24-11-10-16-14-25-19-8-4-3-7-18(16)19/h3-9,12,14,25-26H,2,10-11H2,1H3,(H,24,27). The summed E-state index contributed by atoms with van der Waals surface area (Å²) in [5, 5.41) is 23.5. The average Bonchev–Trinajstić information content (AvgIpc) is 3.12. The van der Waals surface area contributed by atoms with Gasteiger partial charge in [-0.15, -0.1) is 0 Å². The Morgan fingerprint density at radius 2 is 2.11 bits per heavy atom. The number of phenolic OH excluding ortho intramolecular Hbond substituents is 1. The van der Waals surface area contributed by atoms with Crippen LogP contribution in [0.1, 0.15) is 18.1 Å². The maximum atomic E-state index is 12.4. The van der Waals surface area contributed by atoms with Gasteiger partial charge in [-0.05, 0) is 37.1 Å². The third-order valence-electron chi connectivity index (χ3n) is 4.35. The van der Waals surface area contributed by atoms with Crippen LogP contribution in [0.2, 0.25) is 0 Å². The van der Waals surface area contributed by atoms with E-state index < -0.39 is 5.91 Å². The minimum Gasteiger partial charge on any atom is -0.504 e. The van der Waals surface area contributed by atoms with Gasteiger partial charge in [0.15, 0.2) is 11.5 Å². The van der Waals surface area contributed by atoms with Crippen LogP contribution in [0.3, 0.4) is 0 Å². The number of fused-ring (bicyclic) bond motifs is 1. The second-order valence-electron chi connectivity index (χ2n) is 6.16. The van der Waals surface area contributed by atoms with E-state index in [1.54, 1.807) is 18.2 Å². The van der Waals surface area contributed by atoms with E-state index in [4.69, 9.17) is 4.74 Å². The van der Waals surface area contributed by atoms with Crippen molar-refractivity contribution in [3.63, 3.8) is 0 Å². The highest BCUT2D eigenvalue weighted by molar-refractivity contribution is 6.02. The third-order valence-corrected chi connectivity index (χ3v) is 4.35. The van der Waals surface area contributed by atoms with Crippen molar-refractivity contribution in [1.29, 1.82) is 5.26 Å². The van der Waals surface area contributed by atoms with E-state index in [2.05, 4.69) is 10.3 Å². The van der Waals surface area contributed by atoms with Gasteiger partial charge in [-0.2, -0.15) is 5.26 Å². The van der Waals surface area contributed by atoms with E-state index in [-0.39, 0.29) is 11.3 Å². The van der Waals surface area contributed by atoms with E-state index >= 15 is 0 Å². The van der Waals surface area contributed by atoms with Crippen LogP contribution < -0.4 is 10.1 Å². The molecule has 0 spiro atoms. The Balaban J connectivity index is 1.68. The number of aromatic amines is 1. The summed E-state index contributed by atoms with van der Waals surface area (Å²) >= 11 is 0. The van der Waals surface area contributed by atoms with Crippen LogP contribution in [-0.4, -0.2) is 29.1 Å². The van der Waals surface area contributed by atoms with Crippen LogP contribution in [0.15, 0.2) is 54.2 Å². The van der Waals surface area contributed by atoms with Crippen LogP contribution >= 0.6 is 0 Å². The van der Waals surface area contributed by atoms with E-state index in [1.165, 1.54) is 6.08 Å². The SMILES string of the molecule is CCOc1cccc(C=C(C#N)C(=O)NCCc2c[nH]c3ccccc23)c1O. The minimum atomic E-state index is -0.483. The van der Waals surface area contributed by atoms with Gasteiger partial charge in [0.2, 0.25) is 0 Å². The number of benzene rings is 2. The third kappa shape index (κ3) is 4.15. The van der Waals surface area contributed by atoms with Crippen molar-refractivity contribution in [3.8, 4) is 17.6 Å². The maximum Gasteiger partial charge on any atom is 0.261 e. The number of ether oxygens (including phenoxy) is 1. The van der Waals surface area contributed by atoms with E-state index in [9.17, 15) is 15.2 Å². The van der Waals surface area contributed by atoms with Gasteiger partial charge in [0, 0.05) is 29.2 Å². The molecule has 6 heteroatoms. The Bertz CT molecular complexity index is 1060. The van der Waals surface area contributed by atoms with Crippen LogP contribution in [0.5, 0.6) is 11.5 Å². The molecule has 0 saturated carbocycles. The fraction of sp³-hybridized carbons (Fsp3) is 0.182. The molecule has 0 aliphatic carbocycles. The molecule has 6 nitrogen and oxygen atoms in total. The van der Waals surface area contributed by atoms with Gasteiger partial charge in [0.05, 0.1) is 6.61 Å². The Labute approximate surface area is 163 Å². The molecule has 28 heavy (non-hydrogen) atoms. The summed E-state index contributed by atoms with van der Waals surface area (Å²) in [6.45, 7) is 2.61. The molecule has 0 unspecified atom stereocenters. The van der Waals surface area contributed by atoms with Gasteiger partial charge in [-0.25, -0.2) is 0 Å². The number of rotatable bonds is 7.